The van der Waals surface area contributed by atoms with Gasteiger partial charge in [-0.1, -0.05) is 48.0 Å². The Morgan fingerprint density at radius 2 is 1.48 bits per heavy atom. The zero-order valence-corrected chi connectivity index (χ0v) is 16.1. The van der Waals surface area contributed by atoms with Crippen LogP contribution in [0.5, 0.6) is 0 Å². The minimum atomic E-state index is -0.580. The van der Waals surface area contributed by atoms with Crippen LogP contribution in [0.15, 0.2) is 54.6 Å². The number of hydrogen-bond donors (Lipinski definition) is 0. The van der Waals surface area contributed by atoms with E-state index in [1.165, 1.54) is 5.56 Å². The van der Waals surface area contributed by atoms with E-state index in [0.29, 0.717) is 0 Å². The molecule has 0 aromatic heterocycles. The molecule has 2 aromatic rings. The molecule has 0 radical (unpaired) electrons. The Balaban J connectivity index is 2.20. The van der Waals surface area contributed by atoms with Gasteiger partial charge in [-0.05, 0) is 59.2 Å². The molecule has 1 heterocycles. The van der Waals surface area contributed by atoms with Crippen molar-refractivity contribution in [1.29, 1.82) is 0 Å². The fraction of sp³-hybridized carbons (Fsp3) is 0.409. The number of benzene rings is 2. The van der Waals surface area contributed by atoms with Gasteiger partial charge in [0.2, 0.25) is 5.91 Å². The van der Waals surface area contributed by atoms with Crippen molar-refractivity contribution in [2.75, 3.05) is 4.90 Å². The summed E-state index contributed by atoms with van der Waals surface area (Å²) in [6, 6.07) is 18.5. The summed E-state index contributed by atoms with van der Waals surface area (Å²) in [5.74, 6) is 0.139. The summed E-state index contributed by atoms with van der Waals surface area (Å²) in [5, 5.41) is 0. The van der Waals surface area contributed by atoms with Gasteiger partial charge in [-0.25, -0.2) is 0 Å². The molecular weight excluding hydrogens is 308 g/mol. The van der Waals surface area contributed by atoms with E-state index in [4.69, 9.17) is 0 Å². The molecule has 1 aliphatic rings. The van der Waals surface area contributed by atoms with Crippen molar-refractivity contribution >= 4 is 11.6 Å². The van der Waals surface area contributed by atoms with Crippen LogP contribution >= 0.6 is 0 Å². The van der Waals surface area contributed by atoms with Gasteiger partial charge in [-0.3, -0.25) is 14.6 Å². The van der Waals surface area contributed by atoms with Crippen molar-refractivity contribution < 1.29 is 4.79 Å². The lowest BCUT2D eigenvalue weighted by Gasteiger charge is -2.43. The molecule has 0 spiro atoms. The Morgan fingerprint density at radius 3 is 2.00 bits per heavy atom. The monoisotopic (exact) mass is 336 g/mol. The highest BCUT2D eigenvalue weighted by atomic mass is 16.2. The molecule has 1 saturated heterocycles. The van der Waals surface area contributed by atoms with Crippen LogP contribution in [-0.4, -0.2) is 21.9 Å². The largest absolute Gasteiger partial charge is 0.290 e. The van der Waals surface area contributed by atoms with Crippen LogP contribution in [-0.2, 0) is 4.79 Å². The maximum absolute atomic E-state index is 13.4. The first-order valence-electron chi connectivity index (χ1n) is 8.89. The van der Waals surface area contributed by atoms with Crippen LogP contribution in [0.1, 0.15) is 51.9 Å². The van der Waals surface area contributed by atoms with Gasteiger partial charge in [0, 0.05) is 11.2 Å². The third-order valence-electron chi connectivity index (χ3n) is 4.97. The Hall–Kier alpha value is -2.13. The molecule has 3 rings (SSSR count). The highest BCUT2D eigenvalue weighted by molar-refractivity contribution is 6.02. The summed E-state index contributed by atoms with van der Waals surface area (Å²) in [4.78, 5) is 17.7. The van der Waals surface area contributed by atoms with Crippen LogP contribution in [0.4, 0.5) is 5.69 Å². The number of anilines is 1. The van der Waals surface area contributed by atoms with Gasteiger partial charge in [0.15, 0.2) is 0 Å². The van der Waals surface area contributed by atoms with E-state index in [-0.39, 0.29) is 17.6 Å². The van der Waals surface area contributed by atoms with E-state index in [1.807, 2.05) is 49.1 Å². The number of carbonyl (C=O) groups excluding carboxylic acids is 1. The van der Waals surface area contributed by atoms with Crippen LogP contribution in [0.2, 0.25) is 0 Å². The van der Waals surface area contributed by atoms with Crippen molar-refractivity contribution in [3.63, 3.8) is 0 Å². The van der Waals surface area contributed by atoms with Crippen LogP contribution in [0.25, 0.3) is 0 Å². The lowest BCUT2D eigenvalue weighted by Crippen LogP contribution is -2.53. The molecule has 1 aliphatic heterocycles. The first-order chi connectivity index (χ1) is 11.6. The summed E-state index contributed by atoms with van der Waals surface area (Å²) in [6.07, 6.45) is -0.119. The average Bonchev–Trinajstić information content (AvgIpc) is 2.76. The number of nitrogens with zero attached hydrogens (tertiary/aromatic N) is 2. The van der Waals surface area contributed by atoms with Crippen molar-refractivity contribution in [3.05, 3.63) is 65.7 Å². The molecular formula is C22H28N2O. The summed E-state index contributed by atoms with van der Waals surface area (Å²) in [5.41, 5.74) is 2.54. The van der Waals surface area contributed by atoms with Crippen LogP contribution < -0.4 is 4.90 Å². The zero-order valence-electron chi connectivity index (χ0n) is 16.1. The van der Waals surface area contributed by atoms with E-state index in [1.54, 1.807) is 0 Å². The van der Waals surface area contributed by atoms with Gasteiger partial charge >= 0.3 is 0 Å². The molecule has 1 amide bonds. The highest BCUT2D eigenvalue weighted by Crippen LogP contribution is 2.46. The van der Waals surface area contributed by atoms with E-state index in [2.05, 4.69) is 56.9 Å². The Bertz CT molecular complexity index is 757. The topological polar surface area (TPSA) is 23.6 Å². The van der Waals surface area contributed by atoms with Crippen molar-refractivity contribution in [1.82, 2.24) is 4.90 Å². The lowest BCUT2D eigenvalue weighted by atomic mass is 9.94. The molecule has 1 atom stereocenters. The minimum absolute atomic E-state index is 0.119. The number of amides is 1. The number of aryl methyl sites for hydroxylation is 1. The fourth-order valence-electron chi connectivity index (χ4n) is 4.02. The molecule has 25 heavy (non-hydrogen) atoms. The predicted molar refractivity (Wildman–Crippen MR) is 104 cm³/mol. The number of carbonyl (C=O) groups is 1. The summed E-state index contributed by atoms with van der Waals surface area (Å²) in [7, 11) is 0. The number of hydrogen-bond acceptors (Lipinski definition) is 2. The smallest absolute Gasteiger partial charge is 0.248 e. The summed E-state index contributed by atoms with van der Waals surface area (Å²) >= 11 is 0. The van der Waals surface area contributed by atoms with E-state index in [0.717, 1.165) is 11.3 Å². The quantitative estimate of drug-likeness (QED) is 0.777. The van der Waals surface area contributed by atoms with Crippen LogP contribution in [0.3, 0.4) is 0 Å². The summed E-state index contributed by atoms with van der Waals surface area (Å²) < 4.78 is 0. The van der Waals surface area contributed by atoms with E-state index in [9.17, 15) is 4.79 Å². The molecule has 0 N–H and O–H groups in total. The first-order valence-corrected chi connectivity index (χ1v) is 8.89. The second-order valence-electron chi connectivity index (χ2n) is 8.39. The van der Waals surface area contributed by atoms with Gasteiger partial charge < -0.3 is 0 Å². The Labute approximate surface area is 151 Å². The fourth-order valence-corrected chi connectivity index (χ4v) is 4.02. The molecule has 3 heteroatoms. The Morgan fingerprint density at radius 1 is 0.920 bits per heavy atom. The van der Waals surface area contributed by atoms with Crippen LogP contribution in [0, 0.1) is 6.92 Å². The molecule has 1 unspecified atom stereocenters. The maximum atomic E-state index is 13.4. The summed E-state index contributed by atoms with van der Waals surface area (Å²) in [6.45, 7) is 12.7. The molecule has 0 aliphatic carbocycles. The van der Waals surface area contributed by atoms with Gasteiger partial charge in [-0.15, -0.1) is 0 Å². The third-order valence-corrected chi connectivity index (χ3v) is 4.97. The second kappa shape index (κ2) is 5.99. The Kier molecular flexibility index (Phi) is 4.24. The lowest BCUT2D eigenvalue weighted by molar-refractivity contribution is -0.125. The highest BCUT2D eigenvalue weighted by Gasteiger charge is 2.56. The van der Waals surface area contributed by atoms with Crippen molar-refractivity contribution in [2.24, 2.45) is 0 Å². The first kappa shape index (κ1) is 17.7. The standard InChI is InChI=1S/C22H28N2O/c1-16-12-14-18(15-13-16)23-19(17-10-8-7-9-11-17)24(21(2,3)4)22(5,6)20(23)25/h7-15,19H,1-6H3. The SMILES string of the molecule is Cc1ccc(N2C(=O)C(C)(C)N(C(C)(C)C)C2c2ccccc2)cc1. The number of rotatable bonds is 2. The van der Waals surface area contributed by atoms with Crippen molar-refractivity contribution in [3.8, 4) is 0 Å². The third kappa shape index (κ3) is 2.98. The van der Waals surface area contributed by atoms with Gasteiger partial charge in [0.25, 0.3) is 0 Å². The zero-order chi connectivity index (χ0) is 18.4. The van der Waals surface area contributed by atoms with Gasteiger partial charge in [-0.2, -0.15) is 0 Å². The van der Waals surface area contributed by atoms with E-state index >= 15 is 0 Å². The normalized spacial score (nSPS) is 21.0. The molecule has 1 fully saturated rings. The van der Waals surface area contributed by atoms with Crippen molar-refractivity contribution in [2.45, 2.75) is 58.8 Å². The average molecular weight is 336 g/mol. The molecule has 2 aromatic carbocycles. The second-order valence-corrected chi connectivity index (χ2v) is 8.39. The molecule has 3 nitrogen and oxygen atoms in total. The molecule has 0 saturated carbocycles. The predicted octanol–water partition coefficient (Wildman–Crippen LogP) is 4.92. The van der Waals surface area contributed by atoms with Gasteiger partial charge in [0.05, 0.1) is 5.54 Å². The van der Waals surface area contributed by atoms with E-state index < -0.39 is 5.54 Å². The molecule has 0 bridgehead atoms. The molecule has 132 valence electrons. The minimum Gasteiger partial charge on any atom is -0.290 e. The van der Waals surface area contributed by atoms with Gasteiger partial charge in [0.1, 0.15) is 6.17 Å². The maximum Gasteiger partial charge on any atom is 0.248 e.